The van der Waals surface area contributed by atoms with E-state index in [9.17, 15) is 24.3 Å². The number of alkyl carbamates (subject to hydrolysis) is 1. The van der Waals surface area contributed by atoms with Gasteiger partial charge in [-0.2, -0.15) is 11.8 Å². The number of esters is 1. The van der Waals surface area contributed by atoms with Crippen LogP contribution in [0.15, 0.2) is 72.8 Å². The fourth-order valence-corrected chi connectivity index (χ4v) is 5.14. The Bertz CT molecular complexity index is 1180. The predicted molar refractivity (Wildman–Crippen MR) is 160 cm³/mol. The summed E-state index contributed by atoms with van der Waals surface area (Å²) in [6.45, 7) is 1.41. The van der Waals surface area contributed by atoms with E-state index in [1.165, 1.54) is 0 Å². The fourth-order valence-electron chi connectivity index (χ4n) is 4.13. The van der Waals surface area contributed by atoms with E-state index in [-0.39, 0.29) is 50.9 Å². The van der Waals surface area contributed by atoms with E-state index < -0.39 is 36.1 Å². The van der Waals surface area contributed by atoms with Gasteiger partial charge in [-0.05, 0) is 30.9 Å². The highest BCUT2D eigenvalue weighted by molar-refractivity contribution is 7.98. The zero-order valence-electron chi connectivity index (χ0n) is 23.7. The molecule has 2 aromatic rings. The summed E-state index contributed by atoms with van der Waals surface area (Å²) in [6.07, 6.45) is 2.93. The number of nitrogens with one attached hydrogen (secondary N) is 3. The van der Waals surface area contributed by atoms with Gasteiger partial charge in [0, 0.05) is 24.0 Å². The minimum atomic E-state index is -0.996. The van der Waals surface area contributed by atoms with Crippen LogP contribution >= 0.6 is 11.8 Å². The predicted octanol–water partition coefficient (Wildman–Crippen LogP) is 3.10. The Morgan fingerprint density at radius 2 is 1.71 bits per heavy atom. The SMILES string of the molecule is CC(CO)NC(=O)CC1CC=CCC(NC(=O)OCc2ccccc2)C(=O)OCC(CSCc2ccccc2)NC1=O. The number of hydrogen-bond acceptors (Lipinski definition) is 8. The average molecular weight is 598 g/mol. The number of cyclic esters (lactones) is 1. The van der Waals surface area contributed by atoms with E-state index >= 15 is 0 Å². The highest BCUT2D eigenvalue weighted by Gasteiger charge is 2.28. The van der Waals surface area contributed by atoms with Gasteiger partial charge in [0.1, 0.15) is 19.3 Å². The van der Waals surface area contributed by atoms with Crippen LogP contribution in [0.3, 0.4) is 0 Å². The van der Waals surface area contributed by atoms with Crippen molar-refractivity contribution in [3.05, 3.63) is 83.9 Å². The largest absolute Gasteiger partial charge is 0.462 e. The molecule has 0 saturated heterocycles. The van der Waals surface area contributed by atoms with Gasteiger partial charge in [-0.1, -0.05) is 72.8 Å². The van der Waals surface area contributed by atoms with Crippen LogP contribution in [-0.2, 0) is 36.2 Å². The van der Waals surface area contributed by atoms with Gasteiger partial charge in [0.25, 0.3) is 0 Å². The molecule has 2 aromatic carbocycles. The van der Waals surface area contributed by atoms with Crippen LogP contribution in [0.25, 0.3) is 0 Å². The van der Waals surface area contributed by atoms with Gasteiger partial charge in [0.05, 0.1) is 18.6 Å². The second-order valence-corrected chi connectivity index (χ2v) is 11.1. The minimum absolute atomic E-state index is 0.0513. The zero-order chi connectivity index (χ0) is 30.2. The molecule has 42 heavy (non-hydrogen) atoms. The molecule has 10 nitrogen and oxygen atoms in total. The topological polar surface area (TPSA) is 143 Å². The monoisotopic (exact) mass is 597 g/mol. The molecule has 0 saturated carbocycles. The number of rotatable bonds is 11. The first-order chi connectivity index (χ1) is 20.3. The van der Waals surface area contributed by atoms with Gasteiger partial charge in [-0.3, -0.25) is 9.59 Å². The molecule has 1 aliphatic rings. The van der Waals surface area contributed by atoms with Crippen molar-refractivity contribution in [2.75, 3.05) is 19.0 Å². The Balaban J connectivity index is 1.68. The molecule has 3 amide bonds. The van der Waals surface area contributed by atoms with Crippen LogP contribution in [0, 0.1) is 5.92 Å². The molecule has 0 bridgehead atoms. The Labute approximate surface area is 250 Å². The summed E-state index contributed by atoms with van der Waals surface area (Å²) >= 11 is 1.58. The average Bonchev–Trinajstić information content (AvgIpc) is 2.99. The number of aliphatic hydroxyl groups excluding tert-OH is 1. The van der Waals surface area contributed by atoms with E-state index in [0.29, 0.717) is 11.5 Å². The highest BCUT2D eigenvalue weighted by Crippen LogP contribution is 2.17. The van der Waals surface area contributed by atoms with Crippen LogP contribution in [0.2, 0.25) is 0 Å². The number of carbonyl (C=O) groups is 4. The molecule has 0 aromatic heterocycles. The minimum Gasteiger partial charge on any atom is -0.462 e. The van der Waals surface area contributed by atoms with Crippen molar-refractivity contribution in [2.45, 2.75) is 56.7 Å². The van der Waals surface area contributed by atoms with Crippen LogP contribution in [0.4, 0.5) is 4.79 Å². The summed E-state index contributed by atoms with van der Waals surface area (Å²) in [6, 6.07) is 17.1. The van der Waals surface area contributed by atoms with Crippen molar-refractivity contribution in [1.29, 1.82) is 0 Å². The lowest BCUT2D eigenvalue weighted by molar-refractivity contribution is -0.147. The van der Waals surface area contributed by atoms with Gasteiger partial charge >= 0.3 is 12.1 Å². The summed E-state index contributed by atoms with van der Waals surface area (Å²) in [7, 11) is 0. The Hall–Kier alpha value is -3.83. The lowest BCUT2D eigenvalue weighted by atomic mass is 9.98. The third kappa shape index (κ3) is 12.0. The van der Waals surface area contributed by atoms with Crippen LogP contribution in [-0.4, -0.2) is 66.1 Å². The maximum Gasteiger partial charge on any atom is 0.408 e. The quantitative estimate of drug-likeness (QED) is 0.229. The second-order valence-electron chi connectivity index (χ2n) is 10.1. The van der Waals surface area contributed by atoms with E-state index in [1.54, 1.807) is 30.8 Å². The first-order valence-electron chi connectivity index (χ1n) is 13.9. The number of amides is 3. The normalized spacial score (nSPS) is 20.2. The molecule has 226 valence electrons. The first kappa shape index (κ1) is 32.7. The fraction of sp³-hybridized carbons (Fsp3) is 0.419. The lowest BCUT2D eigenvalue weighted by Crippen LogP contribution is -2.47. The van der Waals surface area contributed by atoms with Crippen molar-refractivity contribution in [1.82, 2.24) is 16.0 Å². The summed E-state index contributed by atoms with van der Waals surface area (Å²) in [5.74, 6) is -0.829. The lowest BCUT2D eigenvalue weighted by Gasteiger charge is -2.24. The molecular formula is C31H39N3O7S. The summed E-state index contributed by atoms with van der Waals surface area (Å²) in [5.41, 5.74) is 1.93. The highest BCUT2D eigenvalue weighted by atomic mass is 32.2. The number of carbonyl (C=O) groups excluding carboxylic acids is 4. The summed E-state index contributed by atoms with van der Waals surface area (Å²) in [5, 5.41) is 17.5. The third-order valence-corrected chi connectivity index (χ3v) is 7.61. The molecular weight excluding hydrogens is 558 g/mol. The standard InChI is InChI=1S/C31H39N3O7S/c1-22(17-35)32-28(36)16-25-14-8-9-15-27(34-31(39)41-18-23-10-4-2-5-11-23)30(38)40-19-26(33-29(25)37)21-42-20-24-12-6-3-7-13-24/h2-13,22,25-27,35H,14-21H2,1H3,(H,32,36)(H,33,37)(H,34,39). The van der Waals surface area contributed by atoms with Gasteiger partial charge in [0.2, 0.25) is 11.8 Å². The van der Waals surface area contributed by atoms with Crippen molar-refractivity contribution in [2.24, 2.45) is 5.92 Å². The zero-order valence-corrected chi connectivity index (χ0v) is 24.5. The molecule has 0 fully saturated rings. The van der Waals surface area contributed by atoms with Crippen molar-refractivity contribution >= 4 is 35.6 Å². The Kier molecular flexibility index (Phi) is 13.9. The molecule has 0 aliphatic carbocycles. The van der Waals surface area contributed by atoms with E-state index in [4.69, 9.17) is 9.47 Å². The molecule has 3 rings (SSSR count). The molecule has 0 radical (unpaired) electrons. The van der Waals surface area contributed by atoms with Crippen molar-refractivity contribution in [3.8, 4) is 0 Å². The number of aliphatic hydroxyl groups is 1. The molecule has 11 heteroatoms. The van der Waals surface area contributed by atoms with Crippen LogP contribution < -0.4 is 16.0 Å². The molecule has 4 N–H and O–H groups in total. The molecule has 1 aliphatic heterocycles. The van der Waals surface area contributed by atoms with Gasteiger partial charge < -0.3 is 30.5 Å². The summed E-state index contributed by atoms with van der Waals surface area (Å²) in [4.78, 5) is 51.2. The van der Waals surface area contributed by atoms with E-state index in [1.807, 2.05) is 60.7 Å². The van der Waals surface area contributed by atoms with Crippen molar-refractivity contribution in [3.63, 3.8) is 0 Å². The maximum absolute atomic E-state index is 13.2. The molecule has 1 heterocycles. The number of hydrogen-bond donors (Lipinski definition) is 4. The maximum atomic E-state index is 13.2. The summed E-state index contributed by atoms with van der Waals surface area (Å²) < 4.78 is 10.8. The van der Waals surface area contributed by atoms with E-state index in [0.717, 1.165) is 11.1 Å². The number of thioether (sulfide) groups is 1. The Morgan fingerprint density at radius 1 is 1.05 bits per heavy atom. The van der Waals surface area contributed by atoms with Gasteiger partial charge in [-0.15, -0.1) is 0 Å². The Morgan fingerprint density at radius 3 is 2.40 bits per heavy atom. The van der Waals surface area contributed by atoms with Crippen LogP contribution in [0.1, 0.15) is 37.3 Å². The van der Waals surface area contributed by atoms with Crippen molar-refractivity contribution < 1.29 is 33.8 Å². The number of allylic oxidation sites excluding steroid dienone is 1. The van der Waals surface area contributed by atoms with E-state index in [2.05, 4.69) is 16.0 Å². The third-order valence-electron chi connectivity index (χ3n) is 6.44. The first-order valence-corrected chi connectivity index (χ1v) is 15.1. The molecule has 4 unspecified atom stereocenters. The number of benzene rings is 2. The second kappa shape index (κ2) is 17.9. The van der Waals surface area contributed by atoms with Crippen LogP contribution in [0.5, 0.6) is 0 Å². The molecule has 4 atom stereocenters. The molecule has 0 spiro atoms. The smallest absolute Gasteiger partial charge is 0.408 e. The number of ether oxygens (including phenoxy) is 2. The van der Waals surface area contributed by atoms with Gasteiger partial charge in [0.15, 0.2) is 0 Å². The van der Waals surface area contributed by atoms with Gasteiger partial charge in [-0.25, -0.2) is 9.59 Å².